The van der Waals surface area contributed by atoms with Gasteiger partial charge in [-0.05, 0) is 61.6 Å². The van der Waals surface area contributed by atoms with Gasteiger partial charge in [-0.15, -0.1) is 0 Å². The van der Waals surface area contributed by atoms with Gasteiger partial charge in [0.25, 0.3) is 0 Å². The van der Waals surface area contributed by atoms with Gasteiger partial charge in [0.15, 0.2) is 0 Å². The SMILES string of the molecule is CCCCCC1CCC(/C=C/Cc2ccc(C#N)cc2)CC1. The van der Waals surface area contributed by atoms with Gasteiger partial charge >= 0.3 is 0 Å². The molecule has 1 aliphatic rings. The van der Waals surface area contributed by atoms with E-state index in [4.69, 9.17) is 5.26 Å². The van der Waals surface area contributed by atoms with Gasteiger partial charge in [0.2, 0.25) is 0 Å². The molecule has 0 atom stereocenters. The standard InChI is InChI=1S/C21H29N/c1-2-3-4-6-18-9-11-19(12-10-18)7-5-8-20-13-15-21(17-22)16-14-20/h5,7,13-16,18-19H,2-4,6,8-12H2,1H3/b7-5+. The van der Waals surface area contributed by atoms with Crippen LogP contribution >= 0.6 is 0 Å². The maximum atomic E-state index is 8.80. The lowest BCUT2D eigenvalue weighted by Gasteiger charge is -2.26. The minimum atomic E-state index is 0.745. The van der Waals surface area contributed by atoms with Crippen molar-refractivity contribution in [3.05, 3.63) is 47.5 Å². The van der Waals surface area contributed by atoms with E-state index in [2.05, 4.69) is 37.3 Å². The molecule has 0 unspecified atom stereocenters. The van der Waals surface area contributed by atoms with Gasteiger partial charge in [-0.3, -0.25) is 0 Å². The van der Waals surface area contributed by atoms with Crippen molar-refractivity contribution < 1.29 is 0 Å². The summed E-state index contributed by atoms with van der Waals surface area (Å²) in [4.78, 5) is 0. The zero-order valence-electron chi connectivity index (χ0n) is 13.9. The number of allylic oxidation sites excluding steroid dienone is 2. The molecule has 0 bridgehead atoms. The van der Waals surface area contributed by atoms with Gasteiger partial charge in [0.1, 0.15) is 0 Å². The van der Waals surface area contributed by atoms with Crippen LogP contribution in [0.5, 0.6) is 0 Å². The van der Waals surface area contributed by atoms with Gasteiger partial charge in [-0.25, -0.2) is 0 Å². The molecule has 1 heteroatoms. The van der Waals surface area contributed by atoms with E-state index in [0.29, 0.717) is 0 Å². The number of hydrogen-bond donors (Lipinski definition) is 0. The van der Waals surface area contributed by atoms with Gasteiger partial charge in [0, 0.05) is 0 Å². The molecular weight excluding hydrogens is 266 g/mol. The van der Waals surface area contributed by atoms with Gasteiger partial charge in [0.05, 0.1) is 11.6 Å². The van der Waals surface area contributed by atoms with E-state index >= 15 is 0 Å². The van der Waals surface area contributed by atoms with Crippen LogP contribution in [0.3, 0.4) is 0 Å². The molecule has 0 aliphatic heterocycles. The van der Waals surface area contributed by atoms with Crippen LogP contribution < -0.4 is 0 Å². The molecule has 0 N–H and O–H groups in total. The van der Waals surface area contributed by atoms with Crippen molar-refractivity contribution in [1.82, 2.24) is 0 Å². The van der Waals surface area contributed by atoms with Crippen LogP contribution in [0.1, 0.15) is 69.4 Å². The molecule has 0 heterocycles. The Balaban J connectivity index is 1.68. The molecule has 0 radical (unpaired) electrons. The van der Waals surface area contributed by atoms with E-state index < -0.39 is 0 Å². The molecule has 1 nitrogen and oxygen atoms in total. The first-order valence-electron chi connectivity index (χ1n) is 8.97. The molecule has 1 aromatic carbocycles. The van der Waals surface area contributed by atoms with Crippen molar-refractivity contribution in [2.24, 2.45) is 11.8 Å². The van der Waals surface area contributed by atoms with E-state index in [1.807, 2.05) is 12.1 Å². The Kier molecular flexibility index (Phi) is 7.23. The molecule has 0 aromatic heterocycles. The molecule has 1 saturated carbocycles. The molecule has 22 heavy (non-hydrogen) atoms. The third kappa shape index (κ3) is 5.68. The zero-order chi connectivity index (χ0) is 15.6. The summed E-state index contributed by atoms with van der Waals surface area (Å²) in [6, 6.07) is 10.1. The number of benzene rings is 1. The summed E-state index contributed by atoms with van der Waals surface area (Å²) in [5, 5.41) is 8.80. The molecule has 0 saturated heterocycles. The quantitative estimate of drug-likeness (QED) is 0.444. The average Bonchev–Trinajstić information content (AvgIpc) is 2.57. The Morgan fingerprint density at radius 1 is 1.09 bits per heavy atom. The topological polar surface area (TPSA) is 23.8 Å². The Morgan fingerprint density at radius 2 is 1.82 bits per heavy atom. The highest BCUT2D eigenvalue weighted by Crippen LogP contribution is 2.32. The highest BCUT2D eigenvalue weighted by atomic mass is 14.2. The van der Waals surface area contributed by atoms with Crippen LogP contribution in [0.4, 0.5) is 0 Å². The molecular formula is C21H29N. The molecule has 1 aliphatic carbocycles. The van der Waals surface area contributed by atoms with Crippen molar-refractivity contribution in [2.75, 3.05) is 0 Å². The smallest absolute Gasteiger partial charge is 0.0991 e. The van der Waals surface area contributed by atoms with Crippen LogP contribution in [-0.2, 0) is 6.42 Å². The van der Waals surface area contributed by atoms with E-state index in [9.17, 15) is 0 Å². The summed E-state index contributed by atoms with van der Waals surface area (Å²) < 4.78 is 0. The van der Waals surface area contributed by atoms with Crippen LogP contribution in [0.25, 0.3) is 0 Å². The first-order valence-corrected chi connectivity index (χ1v) is 8.97. The lowest BCUT2D eigenvalue weighted by atomic mass is 9.79. The lowest BCUT2D eigenvalue weighted by molar-refractivity contribution is 0.289. The maximum absolute atomic E-state index is 8.80. The summed E-state index contributed by atoms with van der Waals surface area (Å²) in [5.74, 6) is 1.79. The van der Waals surface area contributed by atoms with Gasteiger partial charge < -0.3 is 0 Å². The van der Waals surface area contributed by atoms with Crippen molar-refractivity contribution in [1.29, 1.82) is 5.26 Å². The van der Waals surface area contributed by atoms with Crippen molar-refractivity contribution in [2.45, 2.75) is 64.7 Å². The summed E-state index contributed by atoms with van der Waals surface area (Å²) in [5.41, 5.74) is 2.04. The van der Waals surface area contributed by atoms with Crippen molar-refractivity contribution >= 4 is 0 Å². The Labute approximate surface area is 136 Å². The first-order chi connectivity index (χ1) is 10.8. The van der Waals surface area contributed by atoms with Gasteiger partial charge in [-0.1, -0.05) is 56.9 Å². The molecule has 1 aromatic rings. The monoisotopic (exact) mass is 295 g/mol. The second-order valence-electron chi connectivity index (χ2n) is 6.72. The largest absolute Gasteiger partial charge is 0.192 e. The minimum absolute atomic E-state index is 0.745. The van der Waals surface area contributed by atoms with Crippen LogP contribution in [-0.4, -0.2) is 0 Å². The normalized spacial score (nSPS) is 21.8. The van der Waals surface area contributed by atoms with E-state index in [1.165, 1.54) is 56.9 Å². The Morgan fingerprint density at radius 3 is 2.45 bits per heavy atom. The maximum Gasteiger partial charge on any atom is 0.0991 e. The minimum Gasteiger partial charge on any atom is -0.192 e. The van der Waals surface area contributed by atoms with E-state index in [1.54, 1.807) is 0 Å². The zero-order valence-corrected chi connectivity index (χ0v) is 13.9. The van der Waals surface area contributed by atoms with Crippen LogP contribution in [0.2, 0.25) is 0 Å². The fourth-order valence-electron chi connectivity index (χ4n) is 3.46. The van der Waals surface area contributed by atoms with E-state index in [-0.39, 0.29) is 0 Å². The Bertz CT molecular complexity index is 484. The third-order valence-electron chi connectivity index (χ3n) is 4.95. The summed E-state index contributed by atoms with van der Waals surface area (Å²) in [6.45, 7) is 2.29. The van der Waals surface area contributed by atoms with Crippen LogP contribution in [0.15, 0.2) is 36.4 Å². The highest BCUT2D eigenvalue weighted by Gasteiger charge is 2.18. The number of nitrogens with zero attached hydrogens (tertiary/aromatic N) is 1. The predicted molar refractivity (Wildman–Crippen MR) is 93.6 cm³/mol. The fraction of sp³-hybridized carbons (Fsp3) is 0.571. The molecule has 118 valence electrons. The fourth-order valence-corrected chi connectivity index (χ4v) is 3.46. The molecule has 1 fully saturated rings. The lowest BCUT2D eigenvalue weighted by Crippen LogP contribution is -2.13. The summed E-state index contributed by atoms with van der Waals surface area (Å²) in [6.07, 6.45) is 17.0. The summed E-state index contributed by atoms with van der Waals surface area (Å²) in [7, 11) is 0. The summed E-state index contributed by atoms with van der Waals surface area (Å²) >= 11 is 0. The highest BCUT2D eigenvalue weighted by molar-refractivity contribution is 5.32. The second kappa shape index (κ2) is 9.46. The van der Waals surface area contributed by atoms with Gasteiger partial charge in [-0.2, -0.15) is 5.26 Å². The first kappa shape index (κ1) is 16.8. The van der Waals surface area contributed by atoms with Crippen molar-refractivity contribution in [3.63, 3.8) is 0 Å². The van der Waals surface area contributed by atoms with Crippen LogP contribution in [0, 0.1) is 23.2 Å². The van der Waals surface area contributed by atoms with Crippen molar-refractivity contribution in [3.8, 4) is 6.07 Å². The number of unbranched alkanes of at least 4 members (excludes halogenated alkanes) is 2. The average molecular weight is 295 g/mol. The molecule has 0 amide bonds. The number of rotatable bonds is 7. The number of hydrogen-bond acceptors (Lipinski definition) is 1. The molecule has 2 rings (SSSR count). The predicted octanol–water partition coefficient (Wildman–Crippen LogP) is 6.04. The van der Waals surface area contributed by atoms with E-state index in [0.717, 1.165) is 23.8 Å². The second-order valence-corrected chi connectivity index (χ2v) is 6.72. The molecule has 0 spiro atoms. The third-order valence-corrected chi connectivity index (χ3v) is 4.95. The number of nitriles is 1. The Hall–Kier alpha value is -1.55.